The van der Waals surface area contributed by atoms with Crippen LogP contribution < -0.4 is 10.0 Å². The molecule has 8 heteroatoms. The number of nitrogens with one attached hydrogen (secondary N) is 2. The number of amides is 1. The van der Waals surface area contributed by atoms with E-state index in [1.165, 1.54) is 12.1 Å². The Hall–Kier alpha value is -2.26. The van der Waals surface area contributed by atoms with Crippen LogP contribution in [0.5, 0.6) is 0 Å². The van der Waals surface area contributed by atoms with Crippen LogP contribution in [0.1, 0.15) is 34.8 Å². The molecule has 1 aliphatic heterocycles. The lowest BCUT2D eigenvalue weighted by Crippen LogP contribution is -2.47. The summed E-state index contributed by atoms with van der Waals surface area (Å²) in [6, 6.07) is 16.0. The van der Waals surface area contributed by atoms with Gasteiger partial charge in [-0.3, -0.25) is 9.69 Å². The molecule has 1 unspecified atom stereocenters. The van der Waals surface area contributed by atoms with Gasteiger partial charge in [-0.05, 0) is 49.6 Å². The number of carbonyl (C=O) groups is 1. The van der Waals surface area contributed by atoms with Crippen molar-refractivity contribution in [1.29, 1.82) is 0 Å². The number of hydrogen-bond donors (Lipinski definition) is 2. The Morgan fingerprint density at radius 1 is 1.03 bits per heavy atom. The van der Waals surface area contributed by atoms with Crippen LogP contribution in [0, 0.1) is 5.92 Å². The molecular formula is C24H32N4O3S. The van der Waals surface area contributed by atoms with Crippen LogP contribution in [-0.2, 0) is 10.0 Å². The van der Waals surface area contributed by atoms with Crippen LogP contribution in [0.4, 0.5) is 0 Å². The minimum atomic E-state index is -3.62. The second-order valence-electron chi connectivity index (χ2n) is 8.86. The predicted octanol–water partition coefficient (Wildman–Crippen LogP) is 2.09. The van der Waals surface area contributed by atoms with E-state index in [4.69, 9.17) is 0 Å². The summed E-state index contributed by atoms with van der Waals surface area (Å²) in [5.74, 6) is 0.171. The Balaban J connectivity index is 1.47. The molecule has 0 aromatic heterocycles. The van der Waals surface area contributed by atoms with Crippen LogP contribution in [0.2, 0.25) is 0 Å². The van der Waals surface area contributed by atoms with Gasteiger partial charge in [-0.15, -0.1) is 0 Å². The first-order valence-electron chi connectivity index (χ1n) is 11.3. The van der Waals surface area contributed by atoms with Crippen molar-refractivity contribution in [3.8, 4) is 0 Å². The first-order chi connectivity index (χ1) is 15.4. The fourth-order valence-electron chi connectivity index (χ4n) is 3.89. The largest absolute Gasteiger partial charge is 0.344 e. The smallest absolute Gasteiger partial charge is 0.251 e. The van der Waals surface area contributed by atoms with E-state index < -0.39 is 10.0 Å². The molecule has 0 spiro atoms. The highest BCUT2D eigenvalue weighted by atomic mass is 32.2. The Labute approximate surface area is 190 Å². The van der Waals surface area contributed by atoms with Crippen molar-refractivity contribution in [3.63, 3.8) is 0 Å². The molecule has 2 fully saturated rings. The quantitative estimate of drug-likeness (QED) is 0.604. The number of piperazine rings is 1. The molecule has 7 nitrogen and oxygen atoms in total. The summed E-state index contributed by atoms with van der Waals surface area (Å²) in [6.07, 6.45) is 2.14. The summed E-state index contributed by atoms with van der Waals surface area (Å²) in [7, 11) is -1.50. The normalized spacial score (nSPS) is 18.9. The molecule has 2 aromatic rings. The van der Waals surface area contributed by atoms with Crippen molar-refractivity contribution in [3.05, 3.63) is 65.7 Å². The van der Waals surface area contributed by atoms with Gasteiger partial charge in [-0.1, -0.05) is 36.4 Å². The summed E-state index contributed by atoms with van der Waals surface area (Å²) in [6.45, 7) is 5.09. The van der Waals surface area contributed by atoms with Crippen molar-refractivity contribution in [1.82, 2.24) is 19.8 Å². The maximum atomic E-state index is 13.1. The number of carbonyl (C=O) groups excluding carboxylic acids is 1. The number of nitrogens with zero attached hydrogens (tertiary/aromatic N) is 2. The highest BCUT2D eigenvalue weighted by Crippen LogP contribution is 2.28. The van der Waals surface area contributed by atoms with Crippen molar-refractivity contribution >= 4 is 15.9 Å². The van der Waals surface area contributed by atoms with Gasteiger partial charge < -0.3 is 10.2 Å². The maximum absolute atomic E-state index is 13.1. The highest BCUT2D eigenvalue weighted by Gasteiger charge is 2.25. The third-order valence-corrected chi connectivity index (χ3v) is 7.63. The van der Waals surface area contributed by atoms with E-state index >= 15 is 0 Å². The van der Waals surface area contributed by atoms with Crippen molar-refractivity contribution in [2.75, 3.05) is 46.3 Å². The molecule has 32 heavy (non-hydrogen) atoms. The zero-order valence-corrected chi connectivity index (χ0v) is 19.4. The second kappa shape index (κ2) is 10.1. The number of rotatable bonds is 9. The number of benzene rings is 2. The first kappa shape index (κ1) is 22.9. The molecule has 1 amide bonds. The zero-order chi connectivity index (χ0) is 22.6. The molecule has 1 heterocycles. The highest BCUT2D eigenvalue weighted by molar-refractivity contribution is 7.89. The van der Waals surface area contributed by atoms with Gasteiger partial charge in [0.1, 0.15) is 0 Å². The SMILES string of the molecule is CN1CCN(CC(NC(=O)c2cccc(S(=O)(=O)NCC3CC3)c2)c2ccccc2)CC1. The van der Waals surface area contributed by atoms with E-state index in [1.54, 1.807) is 12.1 Å². The van der Waals surface area contributed by atoms with E-state index in [1.807, 2.05) is 30.3 Å². The average Bonchev–Trinajstić information content (AvgIpc) is 3.64. The summed E-state index contributed by atoms with van der Waals surface area (Å²) in [5, 5.41) is 3.14. The first-order valence-corrected chi connectivity index (χ1v) is 12.8. The fraction of sp³-hybridized carbons (Fsp3) is 0.458. The average molecular weight is 457 g/mol. The Morgan fingerprint density at radius 3 is 2.44 bits per heavy atom. The second-order valence-corrected chi connectivity index (χ2v) is 10.6. The van der Waals surface area contributed by atoms with Gasteiger partial charge in [0.2, 0.25) is 10.0 Å². The topological polar surface area (TPSA) is 81.8 Å². The zero-order valence-electron chi connectivity index (χ0n) is 18.5. The molecule has 2 aromatic carbocycles. The van der Waals surface area contributed by atoms with Gasteiger partial charge >= 0.3 is 0 Å². The van der Waals surface area contributed by atoms with E-state index in [0.29, 0.717) is 24.6 Å². The van der Waals surface area contributed by atoms with E-state index in [9.17, 15) is 13.2 Å². The van der Waals surface area contributed by atoms with Crippen LogP contribution in [0.3, 0.4) is 0 Å². The maximum Gasteiger partial charge on any atom is 0.251 e. The molecule has 1 saturated heterocycles. The molecule has 1 aliphatic carbocycles. The Kier molecular flexibility index (Phi) is 7.25. The van der Waals surface area contributed by atoms with Crippen LogP contribution in [-0.4, -0.2) is 70.4 Å². The summed E-state index contributed by atoms with van der Waals surface area (Å²) >= 11 is 0. The lowest BCUT2D eigenvalue weighted by Gasteiger charge is -2.35. The summed E-state index contributed by atoms with van der Waals surface area (Å²) < 4.78 is 27.9. The Morgan fingerprint density at radius 2 is 1.75 bits per heavy atom. The van der Waals surface area contributed by atoms with Crippen LogP contribution >= 0.6 is 0 Å². The van der Waals surface area contributed by atoms with E-state index in [2.05, 4.69) is 26.9 Å². The molecule has 1 atom stereocenters. The van der Waals surface area contributed by atoms with Crippen molar-refractivity contribution in [2.45, 2.75) is 23.8 Å². The standard InChI is InChI=1S/C24H32N4O3S/c1-27-12-14-28(15-13-27)18-23(20-6-3-2-4-7-20)26-24(29)21-8-5-9-22(16-21)32(30,31)25-17-19-10-11-19/h2-9,16,19,23,25H,10-15,17-18H2,1H3,(H,26,29). The fourth-order valence-corrected chi connectivity index (χ4v) is 5.05. The number of likely N-dealkylation sites (N-methyl/N-ethyl adjacent to an activating group) is 1. The van der Waals surface area contributed by atoms with Gasteiger partial charge in [0, 0.05) is 44.8 Å². The van der Waals surface area contributed by atoms with Crippen LogP contribution in [0.15, 0.2) is 59.5 Å². The van der Waals surface area contributed by atoms with Crippen molar-refractivity contribution < 1.29 is 13.2 Å². The third kappa shape index (κ3) is 6.16. The molecule has 2 N–H and O–H groups in total. The number of sulfonamides is 1. The van der Waals surface area contributed by atoms with E-state index in [0.717, 1.165) is 44.6 Å². The molecule has 1 saturated carbocycles. The lowest BCUT2D eigenvalue weighted by molar-refractivity contribution is 0.0907. The molecule has 172 valence electrons. The number of hydrogen-bond acceptors (Lipinski definition) is 5. The van der Waals surface area contributed by atoms with Gasteiger partial charge in [0.15, 0.2) is 0 Å². The minimum Gasteiger partial charge on any atom is -0.344 e. The van der Waals surface area contributed by atoms with Gasteiger partial charge in [-0.2, -0.15) is 0 Å². The van der Waals surface area contributed by atoms with Gasteiger partial charge in [-0.25, -0.2) is 13.1 Å². The summed E-state index contributed by atoms with van der Waals surface area (Å²) in [4.78, 5) is 17.9. The van der Waals surface area contributed by atoms with Gasteiger partial charge in [0.25, 0.3) is 5.91 Å². The van der Waals surface area contributed by atoms with Gasteiger partial charge in [0.05, 0.1) is 10.9 Å². The predicted molar refractivity (Wildman–Crippen MR) is 125 cm³/mol. The molecule has 0 bridgehead atoms. The monoisotopic (exact) mass is 456 g/mol. The lowest BCUT2D eigenvalue weighted by atomic mass is 10.0. The molecule has 4 rings (SSSR count). The molecular weight excluding hydrogens is 424 g/mol. The van der Waals surface area contributed by atoms with Crippen LogP contribution in [0.25, 0.3) is 0 Å². The Bertz CT molecular complexity index is 1020. The molecule has 2 aliphatic rings. The van der Waals surface area contributed by atoms with Crippen molar-refractivity contribution in [2.24, 2.45) is 5.92 Å². The molecule has 0 radical (unpaired) electrons. The minimum absolute atomic E-state index is 0.126. The third-order valence-electron chi connectivity index (χ3n) is 6.21. The van der Waals surface area contributed by atoms with E-state index in [-0.39, 0.29) is 16.8 Å². The summed E-state index contributed by atoms with van der Waals surface area (Å²) in [5.41, 5.74) is 1.38.